The smallest absolute Gasteiger partial charge is 0.337 e. The van der Waals surface area contributed by atoms with Gasteiger partial charge in [0.2, 0.25) is 0 Å². The molecule has 38 heavy (non-hydrogen) atoms. The van der Waals surface area contributed by atoms with E-state index in [1.165, 1.54) is 5.01 Å². The van der Waals surface area contributed by atoms with Crippen LogP contribution in [0.4, 0.5) is 0 Å². The average Bonchev–Trinajstić information content (AvgIpc) is 3.40. The normalized spacial score (nSPS) is 20.7. The van der Waals surface area contributed by atoms with E-state index in [0.29, 0.717) is 11.1 Å². The Hall–Kier alpha value is -4.23. The third-order valence-corrected chi connectivity index (χ3v) is 7.15. The molecule has 3 aromatic carbocycles. The number of hydrazine groups is 1. The molecule has 2 heterocycles. The van der Waals surface area contributed by atoms with Gasteiger partial charge in [-0.15, -0.1) is 0 Å². The Balaban J connectivity index is 1.65. The number of carbonyl (C=O) groups excluding carboxylic acids is 3. The standard InChI is InChI=1S/C31H31N3O4/c1-5-38-31(37)24-18-33-30(36)26(32-29(35)23-14-10-7-11-15-23)27(22-12-8-6-9-13-22)34(33)28(24)25-20(3)16-19(2)17-21(25)4/h6-18,26-28H,5H2,1-4H3,(H,32,35)/t26-,27-,28-/m1/s1. The number of carbonyl (C=O) groups is 3. The minimum Gasteiger partial charge on any atom is -0.463 e. The average molecular weight is 510 g/mol. The van der Waals surface area contributed by atoms with Crippen molar-refractivity contribution in [1.29, 1.82) is 0 Å². The highest BCUT2D eigenvalue weighted by Gasteiger charge is 2.56. The lowest BCUT2D eigenvalue weighted by molar-refractivity contribution is -0.140. The molecule has 0 aromatic heterocycles. The first kappa shape index (κ1) is 25.4. The lowest BCUT2D eigenvalue weighted by atomic mass is 9.88. The van der Waals surface area contributed by atoms with E-state index in [9.17, 15) is 14.4 Å². The van der Waals surface area contributed by atoms with Gasteiger partial charge in [-0.1, -0.05) is 66.2 Å². The van der Waals surface area contributed by atoms with Gasteiger partial charge in [-0.2, -0.15) is 5.01 Å². The zero-order chi connectivity index (χ0) is 27.0. The van der Waals surface area contributed by atoms with Crippen molar-refractivity contribution < 1.29 is 19.1 Å². The maximum atomic E-state index is 13.9. The Morgan fingerprint density at radius 3 is 2.13 bits per heavy atom. The second-order valence-electron chi connectivity index (χ2n) is 9.76. The quantitative estimate of drug-likeness (QED) is 0.487. The molecule has 0 spiro atoms. The summed E-state index contributed by atoms with van der Waals surface area (Å²) in [6.07, 6.45) is 1.58. The van der Waals surface area contributed by atoms with Gasteiger partial charge in [0.25, 0.3) is 11.8 Å². The van der Waals surface area contributed by atoms with Crippen LogP contribution in [0.2, 0.25) is 0 Å². The zero-order valence-corrected chi connectivity index (χ0v) is 22.0. The topological polar surface area (TPSA) is 79.0 Å². The predicted molar refractivity (Wildman–Crippen MR) is 144 cm³/mol. The largest absolute Gasteiger partial charge is 0.463 e. The molecule has 1 saturated heterocycles. The SMILES string of the molecule is CCOC(=O)C1=CN2C(=O)[C@H](NC(=O)c3ccccc3)[C@@H](c3ccccc3)N2[C@H]1c1c(C)cc(C)cc1C. The highest BCUT2D eigenvalue weighted by Crippen LogP contribution is 2.49. The molecule has 0 aliphatic carbocycles. The van der Waals surface area contributed by atoms with E-state index in [1.54, 1.807) is 37.4 Å². The van der Waals surface area contributed by atoms with Crippen molar-refractivity contribution in [2.24, 2.45) is 0 Å². The van der Waals surface area contributed by atoms with Gasteiger partial charge in [0.15, 0.2) is 0 Å². The van der Waals surface area contributed by atoms with Crippen LogP contribution in [-0.4, -0.2) is 40.5 Å². The Bertz CT molecular complexity index is 1390. The van der Waals surface area contributed by atoms with Crippen LogP contribution in [0.5, 0.6) is 0 Å². The summed E-state index contributed by atoms with van der Waals surface area (Å²) in [7, 11) is 0. The van der Waals surface area contributed by atoms with Crippen LogP contribution in [-0.2, 0) is 14.3 Å². The first-order chi connectivity index (χ1) is 18.3. The van der Waals surface area contributed by atoms with Crippen LogP contribution in [0.1, 0.15) is 57.2 Å². The minimum absolute atomic E-state index is 0.223. The maximum absolute atomic E-state index is 13.9. The van der Waals surface area contributed by atoms with Crippen molar-refractivity contribution in [3.63, 3.8) is 0 Å². The summed E-state index contributed by atoms with van der Waals surface area (Å²) < 4.78 is 5.43. The van der Waals surface area contributed by atoms with Crippen molar-refractivity contribution in [3.05, 3.63) is 118 Å². The monoisotopic (exact) mass is 509 g/mol. The third-order valence-electron chi connectivity index (χ3n) is 7.15. The maximum Gasteiger partial charge on any atom is 0.337 e. The Kier molecular flexibility index (Phi) is 6.87. The van der Waals surface area contributed by atoms with Gasteiger partial charge in [-0.05, 0) is 62.1 Å². The van der Waals surface area contributed by atoms with Crippen LogP contribution < -0.4 is 5.32 Å². The van der Waals surface area contributed by atoms with Gasteiger partial charge in [0.05, 0.1) is 24.3 Å². The number of aryl methyl sites for hydroxylation is 3. The molecule has 2 aliphatic rings. The number of rotatable bonds is 6. The van der Waals surface area contributed by atoms with E-state index in [-0.39, 0.29) is 18.4 Å². The summed E-state index contributed by atoms with van der Waals surface area (Å²) in [5, 5.41) is 6.39. The van der Waals surface area contributed by atoms with E-state index in [1.807, 2.05) is 62.2 Å². The fraction of sp³-hybridized carbons (Fsp3) is 0.258. The van der Waals surface area contributed by atoms with Crippen molar-refractivity contribution in [1.82, 2.24) is 15.3 Å². The van der Waals surface area contributed by atoms with Crippen LogP contribution >= 0.6 is 0 Å². The first-order valence-electron chi connectivity index (χ1n) is 12.8. The molecular weight excluding hydrogens is 478 g/mol. The minimum atomic E-state index is -0.862. The molecule has 7 nitrogen and oxygen atoms in total. The van der Waals surface area contributed by atoms with Crippen LogP contribution in [0.15, 0.2) is 84.6 Å². The number of hydrogen-bond acceptors (Lipinski definition) is 5. The van der Waals surface area contributed by atoms with Crippen LogP contribution in [0, 0.1) is 20.8 Å². The lowest BCUT2D eigenvalue weighted by Crippen LogP contribution is -2.43. The van der Waals surface area contributed by atoms with Gasteiger partial charge in [-0.3, -0.25) is 9.59 Å². The number of nitrogens with one attached hydrogen (secondary N) is 1. The molecular formula is C31H31N3O4. The molecule has 194 valence electrons. The Labute approximate surface area is 222 Å². The number of nitrogens with zero attached hydrogens (tertiary/aromatic N) is 2. The Morgan fingerprint density at radius 1 is 0.921 bits per heavy atom. The van der Waals surface area contributed by atoms with Gasteiger partial charge in [-0.25, -0.2) is 9.80 Å². The molecule has 2 amide bonds. The van der Waals surface area contributed by atoms with Crippen LogP contribution in [0.25, 0.3) is 0 Å². The number of hydrogen-bond donors (Lipinski definition) is 1. The van der Waals surface area contributed by atoms with Crippen molar-refractivity contribution in [2.45, 2.75) is 45.8 Å². The summed E-state index contributed by atoms with van der Waals surface area (Å²) in [4.78, 5) is 40.4. The van der Waals surface area contributed by atoms with Crippen LogP contribution in [0.3, 0.4) is 0 Å². The number of amides is 2. The molecule has 0 saturated carbocycles. The number of fused-ring (bicyclic) bond motifs is 1. The van der Waals surface area contributed by atoms with Gasteiger partial charge in [0.1, 0.15) is 6.04 Å². The number of ether oxygens (including phenoxy) is 1. The second-order valence-corrected chi connectivity index (χ2v) is 9.76. The molecule has 5 rings (SSSR count). The summed E-state index contributed by atoms with van der Waals surface area (Å²) in [5.41, 5.74) is 5.81. The van der Waals surface area contributed by atoms with E-state index in [4.69, 9.17) is 4.74 Å². The molecule has 3 aromatic rings. The highest BCUT2D eigenvalue weighted by molar-refractivity contribution is 6.00. The molecule has 0 unspecified atom stereocenters. The fourth-order valence-corrected chi connectivity index (χ4v) is 5.68. The van der Waals surface area contributed by atoms with Crippen molar-refractivity contribution >= 4 is 17.8 Å². The van der Waals surface area contributed by atoms with E-state index >= 15 is 0 Å². The summed E-state index contributed by atoms with van der Waals surface area (Å²) in [6.45, 7) is 8.06. The third kappa shape index (κ3) is 4.39. The second kappa shape index (κ2) is 10.3. The van der Waals surface area contributed by atoms with E-state index in [0.717, 1.165) is 27.8 Å². The van der Waals surface area contributed by atoms with Gasteiger partial charge in [0, 0.05) is 11.8 Å². The highest BCUT2D eigenvalue weighted by atomic mass is 16.5. The van der Waals surface area contributed by atoms with Crippen molar-refractivity contribution in [2.75, 3.05) is 6.61 Å². The predicted octanol–water partition coefficient (Wildman–Crippen LogP) is 4.71. The molecule has 3 atom stereocenters. The fourth-order valence-electron chi connectivity index (χ4n) is 5.68. The zero-order valence-electron chi connectivity index (χ0n) is 22.0. The molecule has 1 N–H and O–H groups in total. The lowest BCUT2D eigenvalue weighted by Gasteiger charge is -2.34. The summed E-state index contributed by atoms with van der Waals surface area (Å²) in [5.74, 6) is -1.10. The van der Waals surface area contributed by atoms with Gasteiger partial charge >= 0.3 is 5.97 Å². The molecule has 0 bridgehead atoms. The van der Waals surface area contributed by atoms with Gasteiger partial charge < -0.3 is 10.1 Å². The Morgan fingerprint density at radius 2 is 1.53 bits per heavy atom. The van der Waals surface area contributed by atoms with Crippen molar-refractivity contribution in [3.8, 4) is 0 Å². The van der Waals surface area contributed by atoms with E-state index < -0.39 is 24.1 Å². The molecule has 2 aliphatic heterocycles. The summed E-state index contributed by atoms with van der Waals surface area (Å²) >= 11 is 0. The number of benzene rings is 3. The number of esters is 1. The van der Waals surface area contributed by atoms with E-state index in [2.05, 4.69) is 17.4 Å². The molecule has 0 radical (unpaired) electrons. The summed E-state index contributed by atoms with van der Waals surface area (Å²) in [6, 6.07) is 20.6. The molecule has 1 fully saturated rings. The molecule has 7 heteroatoms. The first-order valence-corrected chi connectivity index (χ1v) is 12.8.